The average molecular weight is 616 g/mol. The molecule has 228 valence electrons. The number of hydrogen-bond donors (Lipinski definition) is 0. The lowest BCUT2D eigenvalue weighted by Crippen LogP contribution is -2.74. The summed E-state index contributed by atoms with van der Waals surface area (Å²) in [5, 5.41) is 0. The Labute approximate surface area is 205 Å². The van der Waals surface area contributed by atoms with Crippen molar-refractivity contribution >= 4 is 5.97 Å². The lowest BCUT2D eigenvalue weighted by Gasteiger charge is -2.46. The Morgan fingerprint density at radius 2 is 1.10 bits per heavy atom. The van der Waals surface area contributed by atoms with E-state index in [1.54, 1.807) is 0 Å². The van der Waals surface area contributed by atoms with E-state index in [2.05, 4.69) is 4.74 Å². The molecule has 1 spiro atoms. The van der Waals surface area contributed by atoms with Gasteiger partial charge in [-0.25, -0.2) is 4.79 Å². The molecule has 39 heavy (non-hydrogen) atoms. The van der Waals surface area contributed by atoms with Crippen LogP contribution in [0.25, 0.3) is 0 Å². The first-order valence-corrected chi connectivity index (χ1v) is 10.1. The van der Waals surface area contributed by atoms with E-state index in [0.717, 1.165) is 0 Å². The molecule has 0 aliphatic carbocycles. The molecule has 2 heterocycles. The molecular weight excluding hydrogens is 603 g/mol. The summed E-state index contributed by atoms with van der Waals surface area (Å²) < 4.78 is 240. The lowest BCUT2D eigenvalue weighted by molar-refractivity contribution is -0.473. The molecule has 0 saturated carbocycles. The highest BCUT2D eigenvalue weighted by Gasteiger charge is 2.96. The Balaban J connectivity index is 2.54. The summed E-state index contributed by atoms with van der Waals surface area (Å²) in [5.41, 5.74) is -2.99. The summed E-state index contributed by atoms with van der Waals surface area (Å²) in [4.78, 5) is 12.2. The predicted octanol–water partition coefficient (Wildman–Crippen LogP) is 6.74. The number of ether oxygens (including phenoxy) is 3. The van der Waals surface area contributed by atoms with Crippen molar-refractivity contribution in [2.75, 3.05) is 13.2 Å². The first-order chi connectivity index (χ1) is 17.1. The molecule has 0 aromatic rings. The summed E-state index contributed by atoms with van der Waals surface area (Å²) in [7, 11) is 0. The highest BCUT2D eigenvalue weighted by molar-refractivity contribution is 5.92. The van der Waals surface area contributed by atoms with Gasteiger partial charge in [-0.1, -0.05) is 6.92 Å². The molecule has 1 unspecified atom stereocenters. The summed E-state index contributed by atoms with van der Waals surface area (Å²) in [6.07, 6.45) is -16.1. The van der Waals surface area contributed by atoms with Crippen LogP contribution in [0.2, 0.25) is 0 Å². The fraction of sp³-hybridized carbons (Fsp3) is 0.833. The molecule has 0 bridgehead atoms. The molecule has 1 saturated heterocycles. The van der Waals surface area contributed by atoms with Crippen LogP contribution >= 0.6 is 0 Å². The Hall–Kier alpha value is -2.22. The zero-order chi connectivity index (χ0) is 30.9. The molecule has 0 amide bonds. The third-order valence-electron chi connectivity index (χ3n) is 5.84. The molecule has 1 fully saturated rings. The maximum Gasteiger partial charge on any atom is 0.473 e. The van der Waals surface area contributed by atoms with Crippen molar-refractivity contribution in [3.05, 3.63) is 11.3 Å². The van der Waals surface area contributed by atoms with Crippen molar-refractivity contribution in [1.82, 2.24) is 0 Å². The van der Waals surface area contributed by atoms with E-state index in [4.69, 9.17) is 9.47 Å². The van der Waals surface area contributed by atoms with Crippen LogP contribution < -0.4 is 0 Å². The zero-order valence-corrected chi connectivity index (χ0v) is 18.6. The number of allylic oxidation sites excluding steroid dienone is 1. The summed E-state index contributed by atoms with van der Waals surface area (Å²) in [5.74, 6) is -54.4. The monoisotopic (exact) mass is 616 g/mol. The highest BCUT2D eigenvalue weighted by Crippen LogP contribution is 2.64. The number of esters is 1. The minimum atomic E-state index is -8.77. The van der Waals surface area contributed by atoms with Crippen LogP contribution in [0.1, 0.15) is 26.2 Å². The van der Waals surface area contributed by atoms with Crippen molar-refractivity contribution < 1.29 is 93.6 Å². The second-order valence-corrected chi connectivity index (χ2v) is 8.19. The first-order valence-electron chi connectivity index (χ1n) is 10.1. The van der Waals surface area contributed by atoms with Crippen molar-refractivity contribution in [1.29, 1.82) is 0 Å². The standard InChI is InChI=1S/C18H13F17O4/c1-2-7-8(10(3-5-37-7)4-6-38-10)9(36)39-18(34,35)16(29,30)14(25,26)12(21,22)11(19,20)13(23,24)15(27,28)17(31,32)33/h2-6H2,1H3. The van der Waals surface area contributed by atoms with Gasteiger partial charge < -0.3 is 14.2 Å². The summed E-state index contributed by atoms with van der Waals surface area (Å²) >= 11 is 0. The van der Waals surface area contributed by atoms with Gasteiger partial charge in [-0.2, -0.15) is 74.6 Å². The van der Waals surface area contributed by atoms with E-state index in [1.165, 1.54) is 6.92 Å². The third-order valence-corrected chi connectivity index (χ3v) is 5.84. The Kier molecular flexibility index (Phi) is 7.74. The van der Waals surface area contributed by atoms with Crippen LogP contribution in [-0.2, 0) is 19.0 Å². The van der Waals surface area contributed by atoms with Crippen molar-refractivity contribution in [3.8, 4) is 0 Å². The number of rotatable bonds is 9. The van der Waals surface area contributed by atoms with Crippen LogP contribution in [0.4, 0.5) is 74.6 Å². The molecule has 2 rings (SSSR count). The van der Waals surface area contributed by atoms with Gasteiger partial charge in [-0.15, -0.1) is 0 Å². The zero-order valence-electron chi connectivity index (χ0n) is 18.6. The third kappa shape index (κ3) is 4.36. The van der Waals surface area contributed by atoms with Gasteiger partial charge in [-0.05, 0) is 0 Å². The van der Waals surface area contributed by atoms with E-state index >= 15 is 0 Å². The molecule has 2 aliphatic heterocycles. The van der Waals surface area contributed by atoms with Crippen LogP contribution in [0.5, 0.6) is 0 Å². The summed E-state index contributed by atoms with van der Waals surface area (Å²) in [6.45, 7) is 0.750. The van der Waals surface area contributed by atoms with Gasteiger partial charge in [0.2, 0.25) is 0 Å². The van der Waals surface area contributed by atoms with Crippen molar-refractivity contribution in [3.63, 3.8) is 0 Å². The molecule has 21 heteroatoms. The SMILES string of the molecule is CCC1=C(C(=O)OC(F)(F)C(F)(F)C(F)(F)C(F)(F)C(F)(F)C(F)(F)C(F)(F)C(F)(F)F)C2(CCO1)CCO2. The quantitative estimate of drug-likeness (QED) is 0.213. The fourth-order valence-corrected chi connectivity index (χ4v) is 3.49. The van der Waals surface area contributed by atoms with E-state index in [-0.39, 0.29) is 32.5 Å². The number of halogens is 17. The van der Waals surface area contributed by atoms with Gasteiger partial charge >= 0.3 is 53.8 Å². The van der Waals surface area contributed by atoms with Crippen LogP contribution in [0, 0.1) is 0 Å². The van der Waals surface area contributed by atoms with Gasteiger partial charge in [0.1, 0.15) is 16.9 Å². The number of alkyl halides is 17. The number of carbonyl (C=O) groups is 1. The Morgan fingerprint density at radius 1 is 0.692 bits per heavy atom. The number of carbonyl (C=O) groups excluding carboxylic acids is 1. The fourth-order valence-electron chi connectivity index (χ4n) is 3.49. The molecule has 0 N–H and O–H groups in total. The normalized spacial score (nSPS) is 22.5. The van der Waals surface area contributed by atoms with Gasteiger partial charge in [-0.3, -0.25) is 0 Å². The largest absolute Gasteiger partial charge is 0.497 e. The van der Waals surface area contributed by atoms with E-state index in [9.17, 15) is 79.4 Å². The maximum atomic E-state index is 14.1. The van der Waals surface area contributed by atoms with E-state index < -0.39 is 70.7 Å². The van der Waals surface area contributed by atoms with E-state index in [1.807, 2.05) is 0 Å². The smallest absolute Gasteiger partial charge is 0.473 e. The summed E-state index contributed by atoms with van der Waals surface area (Å²) in [6, 6.07) is 0. The molecular formula is C18H13F17O4. The van der Waals surface area contributed by atoms with E-state index in [0.29, 0.717) is 0 Å². The molecule has 0 aromatic heterocycles. The second-order valence-electron chi connectivity index (χ2n) is 8.19. The minimum Gasteiger partial charge on any atom is -0.497 e. The first kappa shape index (κ1) is 33.0. The van der Waals surface area contributed by atoms with Crippen LogP contribution in [0.3, 0.4) is 0 Å². The Bertz CT molecular complexity index is 994. The van der Waals surface area contributed by atoms with Gasteiger partial charge in [0.05, 0.1) is 13.2 Å². The Morgan fingerprint density at radius 3 is 1.46 bits per heavy atom. The minimum absolute atomic E-state index is 0.170. The molecule has 2 aliphatic rings. The van der Waals surface area contributed by atoms with Gasteiger partial charge in [0.15, 0.2) is 0 Å². The maximum absolute atomic E-state index is 14.1. The van der Waals surface area contributed by atoms with Crippen molar-refractivity contribution in [2.45, 2.75) is 79.6 Å². The topological polar surface area (TPSA) is 44.8 Å². The second kappa shape index (κ2) is 9.15. The van der Waals surface area contributed by atoms with Gasteiger partial charge in [0, 0.05) is 19.3 Å². The average Bonchev–Trinajstić information content (AvgIpc) is 2.75. The molecule has 1 atom stereocenters. The molecule has 0 radical (unpaired) electrons. The van der Waals surface area contributed by atoms with Crippen LogP contribution in [-0.4, -0.2) is 72.6 Å². The van der Waals surface area contributed by atoms with Crippen molar-refractivity contribution in [2.24, 2.45) is 0 Å². The highest BCUT2D eigenvalue weighted by atomic mass is 19.4. The number of hydrogen-bond acceptors (Lipinski definition) is 4. The predicted molar refractivity (Wildman–Crippen MR) is 88.0 cm³/mol. The molecule has 0 aromatic carbocycles. The van der Waals surface area contributed by atoms with Crippen LogP contribution in [0.15, 0.2) is 11.3 Å². The lowest BCUT2D eigenvalue weighted by atomic mass is 9.80. The van der Waals surface area contributed by atoms with Gasteiger partial charge in [0.25, 0.3) is 0 Å². The molecule has 4 nitrogen and oxygen atoms in total.